The molecule has 2 aromatic carbocycles. The molecule has 2 aliphatic heterocycles. The predicted molar refractivity (Wildman–Crippen MR) is 95.5 cm³/mol. The summed E-state index contributed by atoms with van der Waals surface area (Å²) in [6.45, 7) is 0.387. The van der Waals surface area contributed by atoms with Crippen molar-refractivity contribution in [2.24, 2.45) is 0 Å². The molecule has 0 amide bonds. The minimum absolute atomic E-state index is 0.130. The second-order valence-electron chi connectivity index (χ2n) is 6.37. The number of rotatable bonds is 4. The molecule has 0 aliphatic carbocycles. The molecule has 0 radical (unpaired) electrons. The van der Waals surface area contributed by atoms with Crippen LogP contribution < -0.4 is 0 Å². The molecule has 0 saturated carbocycles. The van der Waals surface area contributed by atoms with Crippen molar-refractivity contribution >= 4 is 17.7 Å². The summed E-state index contributed by atoms with van der Waals surface area (Å²) in [6, 6.07) is 16.5. The maximum absolute atomic E-state index is 13.2. The van der Waals surface area contributed by atoms with Crippen LogP contribution >= 0.6 is 0 Å². The second kappa shape index (κ2) is 6.39. The lowest BCUT2D eigenvalue weighted by atomic mass is 9.94. The van der Waals surface area contributed by atoms with Crippen molar-refractivity contribution in [2.75, 3.05) is 13.7 Å². The first kappa shape index (κ1) is 17.0. The average molecular weight is 363 g/mol. The van der Waals surface area contributed by atoms with E-state index in [9.17, 15) is 14.4 Å². The maximum Gasteiger partial charge on any atom is 0.343 e. The zero-order valence-electron chi connectivity index (χ0n) is 14.7. The van der Waals surface area contributed by atoms with E-state index in [1.807, 2.05) is 30.3 Å². The highest BCUT2D eigenvalue weighted by atomic mass is 16.6. The first-order chi connectivity index (χ1) is 13.1. The Labute approximate surface area is 156 Å². The number of carbonyl (C=O) groups excluding carboxylic acids is 3. The molecule has 2 heterocycles. The van der Waals surface area contributed by atoms with Crippen molar-refractivity contribution in [3.8, 4) is 0 Å². The zero-order chi connectivity index (χ0) is 19.0. The van der Waals surface area contributed by atoms with Crippen molar-refractivity contribution < 1.29 is 23.9 Å². The first-order valence-electron chi connectivity index (χ1n) is 8.56. The van der Waals surface area contributed by atoms with E-state index in [0.29, 0.717) is 24.1 Å². The van der Waals surface area contributed by atoms with Gasteiger partial charge in [-0.05, 0) is 18.1 Å². The molecule has 1 unspecified atom stereocenters. The highest BCUT2D eigenvalue weighted by Crippen LogP contribution is 2.45. The van der Waals surface area contributed by atoms with Gasteiger partial charge in [-0.1, -0.05) is 48.5 Å². The van der Waals surface area contributed by atoms with Crippen LogP contribution in [0, 0.1) is 0 Å². The van der Waals surface area contributed by atoms with Crippen LogP contribution in [-0.4, -0.2) is 36.3 Å². The molecule has 6 heteroatoms. The van der Waals surface area contributed by atoms with Gasteiger partial charge in [0.2, 0.25) is 5.78 Å². The van der Waals surface area contributed by atoms with E-state index in [-0.39, 0.29) is 5.57 Å². The number of benzene rings is 2. The van der Waals surface area contributed by atoms with Crippen molar-refractivity contribution in [3.63, 3.8) is 0 Å². The largest absolute Gasteiger partial charge is 0.465 e. The van der Waals surface area contributed by atoms with E-state index in [1.165, 1.54) is 13.3 Å². The Kier molecular flexibility index (Phi) is 4.03. The molecule has 2 aromatic rings. The first-order valence-corrected chi connectivity index (χ1v) is 8.56. The summed E-state index contributed by atoms with van der Waals surface area (Å²) in [6.07, 6.45) is 2.05. The number of esters is 2. The highest BCUT2D eigenvalue weighted by molar-refractivity contribution is 6.23. The van der Waals surface area contributed by atoms with Crippen LogP contribution in [-0.2, 0) is 31.2 Å². The van der Waals surface area contributed by atoms with E-state index in [1.54, 1.807) is 29.2 Å². The van der Waals surface area contributed by atoms with Gasteiger partial charge in [0.05, 0.1) is 12.7 Å². The number of methoxy groups -OCH3 is 1. The van der Waals surface area contributed by atoms with Crippen molar-refractivity contribution in [3.05, 3.63) is 83.1 Å². The average Bonchev–Trinajstić information content (AvgIpc) is 3.16. The summed E-state index contributed by atoms with van der Waals surface area (Å²) in [7, 11) is 1.21. The van der Waals surface area contributed by atoms with Crippen molar-refractivity contribution in [2.45, 2.75) is 12.1 Å². The number of carbonyl (C=O) groups is 3. The number of hydrogen-bond acceptors (Lipinski definition) is 6. The molecule has 0 N–H and O–H groups in total. The third-order valence-corrected chi connectivity index (χ3v) is 4.88. The summed E-state index contributed by atoms with van der Waals surface area (Å²) in [4.78, 5) is 39.3. The molecule has 0 saturated heterocycles. The van der Waals surface area contributed by atoms with Gasteiger partial charge < -0.3 is 14.4 Å². The zero-order valence-corrected chi connectivity index (χ0v) is 14.7. The molecular formula is C21H17NO5. The van der Waals surface area contributed by atoms with Crippen LogP contribution in [0.5, 0.6) is 0 Å². The van der Waals surface area contributed by atoms with Gasteiger partial charge in [0.1, 0.15) is 5.57 Å². The summed E-state index contributed by atoms with van der Waals surface area (Å²) in [5.41, 5.74) is 0.0670. The third-order valence-electron chi connectivity index (χ3n) is 4.88. The normalized spacial score (nSPS) is 20.5. The van der Waals surface area contributed by atoms with Gasteiger partial charge in [-0.2, -0.15) is 0 Å². The van der Waals surface area contributed by atoms with Crippen LogP contribution in [0.4, 0.5) is 0 Å². The lowest BCUT2D eigenvalue weighted by Crippen LogP contribution is -2.47. The van der Waals surface area contributed by atoms with Gasteiger partial charge in [0, 0.05) is 18.3 Å². The van der Waals surface area contributed by atoms with Crippen LogP contribution in [0.3, 0.4) is 0 Å². The molecule has 1 atom stereocenters. The van der Waals surface area contributed by atoms with E-state index >= 15 is 0 Å². The quantitative estimate of drug-likeness (QED) is 0.613. The summed E-state index contributed by atoms with van der Waals surface area (Å²) in [5, 5.41) is 0. The van der Waals surface area contributed by atoms with Gasteiger partial charge in [0.25, 0.3) is 5.72 Å². The fourth-order valence-corrected chi connectivity index (χ4v) is 3.57. The number of ketones is 1. The molecule has 6 nitrogen and oxygen atoms in total. The minimum atomic E-state index is -1.65. The molecule has 136 valence electrons. The Morgan fingerprint density at radius 2 is 1.78 bits per heavy atom. The molecule has 2 aliphatic rings. The fraction of sp³-hybridized carbons (Fsp3) is 0.190. The molecule has 0 fully saturated rings. The van der Waals surface area contributed by atoms with Crippen molar-refractivity contribution in [1.82, 2.24) is 4.90 Å². The number of fused-ring (bicyclic) bond motifs is 2. The smallest absolute Gasteiger partial charge is 0.343 e. The fourth-order valence-electron chi connectivity index (χ4n) is 3.57. The number of Topliss-reactive ketones (excluding diaryl/α,β-unsaturated/α-hetero) is 1. The van der Waals surface area contributed by atoms with E-state index in [2.05, 4.69) is 0 Å². The molecular weight excluding hydrogens is 346 g/mol. The summed E-state index contributed by atoms with van der Waals surface area (Å²) in [5.74, 6) is -1.91. The summed E-state index contributed by atoms with van der Waals surface area (Å²) >= 11 is 0. The van der Waals surface area contributed by atoms with Crippen LogP contribution in [0.2, 0.25) is 0 Å². The number of nitrogens with zero attached hydrogens (tertiary/aromatic N) is 1. The third kappa shape index (κ3) is 2.52. The molecule has 27 heavy (non-hydrogen) atoms. The Morgan fingerprint density at radius 1 is 1.07 bits per heavy atom. The van der Waals surface area contributed by atoms with Gasteiger partial charge in [0.15, 0.2) is 0 Å². The minimum Gasteiger partial charge on any atom is -0.465 e. The lowest BCUT2D eigenvalue weighted by molar-refractivity contribution is -0.150. The van der Waals surface area contributed by atoms with Crippen molar-refractivity contribution in [1.29, 1.82) is 0 Å². The standard InChI is InChI=1S/C21H17NO5/c1-26-19(24)16-13-22(12-11-14-7-3-2-4-8-14)21(18(16)23)17-10-6-5-9-15(17)20(25)27-21/h2-10,13H,11-12H2,1H3. The molecule has 0 bridgehead atoms. The molecule has 0 aromatic heterocycles. The molecule has 4 rings (SSSR count). The predicted octanol–water partition coefficient (Wildman–Crippen LogP) is 2.19. The van der Waals surface area contributed by atoms with E-state index in [4.69, 9.17) is 9.47 Å². The topological polar surface area (TPSA) is 72.9 Å². The van der Waals surface area contributed by atoms with Gasteiger partial charge >= 0.3 is 11.9 Å². The van der Waals surface area contributed by atoms with Crippen LogP contribution in [0.15, 0.2) is 66.4 Å². The molecule has 1 spiro atoms. The lowest BCUT2D eigenvalue weighted by Gasteiger charge is -2.33. The van der Waals surface area contributed by atoms with E-state index < -0.39 is 23.4 Å². The van der Waals surface area contributed by atoms with Gasteiger partial charge in [-0.15, -0.1) is 0 Å². The van der Waals surface area contributed by atoms with Gasteiger partial charge in [-0.25, -0.2) is 9.59 Å². The SMILES string of the molecule is COC(=O)C1=CN(CCc2ccccc2)C2(OC(=O)c3ccccc32)C1=O. The maximum atomic E-state index is 13.2. The monoisotopic (exact) mass is 363 g/mol. The van der Waals surface area contributed by atoms with Crippen LogP contribution in [0.1, 0.15) is 21.5 Å². The van der Waals surface area contributed by atoms with Crippen LogP contribution in [0.25, 0.3) is 0 Å². The van der Waals surface area contributed by atoms with Gasteiger partial charge in [-0.3, -0.25) is 4.79 Å². The number of hydrogen-bond donors (Lipinski definition) is 0. The van der Waals surface area contributed by atoms with E-state index in [0.717, 1.165) is 5.56 Å². The summed E-state index contributed by atoms with van der Waals surface area (Å²) < 4.78 is 10.3. The Morgan fingerprint density at radius 3 is 2.52 bits per heavy atom. The Hall–Kier alpha value is -3.41. The Balaban J connectivity index is 1.76. The Bertz CT molecular complexity index is 966. The second-order valence-corrected chi connectivity index (χ2v) is 6.37. The number of ether oxygens (including phenoxy) is 2. The highest BCUT2D eigenvalue weighted by Gasteiger charge is 2.60.